The average molecular weight is 359 g/mol. The lowest BCUT2D eigenvalue weighted by Gasteiger charge is -2.29. The number of benzene rings is 1. The van der Waals surface area contributed by atoms with Gasteiger partial charge in [-0.25, -0.2) is 4.98 Å². The number of oxazole rings is 1. The molecule has 0 amide bonds. The monoisotopic (exact) mass is 359 g/mol. The summed E-state index contributed by atoms with van der Waals surface area (Å²) in [6.07, 6.45) is 3.80. The maximum Gasteiger partial charge on any atom is 0.309 e. The number of carbonyl (C=O) groups is 1. The predicted molar refractivity (Wildman–Crippen MR) is 98.2 cm³/mol. The zero-order valence-electron chi connectivity index (χ0n) is 15.1. The van der Waals surface area contributed by atoms with Crippen LogP contribution < -0.4 is 10.6 Å². The second-order valence-corrected chi connectivity index (χ2v) is 7.05. The van der Waals surface area contributed by atoms with E-state index in [1.54, 1.807) is 0 Å². The fourth-order valence-corrected chi connectivity index (χ4v) is 4.09. The summed E-state index contributed by atoms with van der Waals surface area (Å²) in [5.41, 5.74) is 9.35. The van der Waals surface area contributed by atoms with Gasteiger partial charge in [0.2, 0.25) is 0 Å². The van der Waals surface area contributed by atoms with Crippen molar-refractivity contribution in [1.82, 2.24) is 4.98 Å². The molecule has 7 nitrogen and oxygen atoms in total. The highest BCUT2D eigenvalue weighted by molar-refractivity contribution is 5.86. The molecule has 2 unspecified atom stereocenters. The number of fused-ring (bicyclic) bond motifs is 1. The molecule has 2 fully saturated rings. The number of carbonyl (C=O) groups excluding carboxylic acids is 1. The van der Waals surface area contributed by atoms with Crippen LogP contribution in [0.4, 0.5) is 11.4 Å². The van der Waals surface area contributed by atoms with Crippen molar-refractivity contribution in [3.8, 4) is 0 Å². The average Bonchev–Trinajstić information content (AvgIpc) is 3.10. The molecule has 140 valence electrons. The lowest BCUT2D eigenvalue weighted by molar-refractivity contribution is -0.147. The third-order valence-electron chi connectivity index (χ3n) is 5.49. The summed E-state index contributed by atoms with van der Waals surface area (Å²) in [7, 11) is 1.44. The van der Waals surface area contributed by atoms with Crippen LogP contribution in [-0.2, 0) is 14.3 Å². The van der Waals surface area contributed by atoms with E-state index in [4.69, 9.17) is 24.6 Å². The number of hydrogen-bond donors (Lipinski definition) is 1. The van der Waals surface area contributed by atoms with E-state index in [0.29, 0.717) is 30.4 Å². The number of nitrogens with zero attached hydrogens (tertiary/aromatic N) is 2. The number of nitrogen functional groups attached to an aromatic ring is 1. The number of hydrogen-bond acceptors (Lipinski definition) is 7. The smallest absolute Gasteiger partial charge is 0.309 e. The molecule has 7 heteroatoms. The summed E-state index contributed by atoms with van der Waals surface area (Å²) < 4.78 is 16.4. The summed E-state index contributed by atoms with van der Waals surface area (Å²) >= 11 is 0. The van der Waals surface area contributed by atoms with E-state index in [-0.39, 0.29) is 17.8 Å². The molecule has 1 saturated heterocycles. The zero-order valence-corrected chi connectivity index (χ0v) is 15.1. The van der Waals surface area contributed by atoms with Crippen molar-refractivity contribution in [3.05, 3.63) is 18.0 Å². The van der Waals surface area contributed by atoms with Crippen LogP contribution in [0.5, 0.6) is 0 Å². The van der Waals surface area contributed by atoms with Crippen LogP contribution in [0.3, 0.4) is 0 Å². The standard InChI is InChI=1S/C19H25N3O4/c1-24-19(23)13-5-3-2-4-12(13)18-21-15-11-16(14(20)10-17(15)26-18)22-6-8-25-9-7-22/h10-13H,2-9,20H2,1H3. The van der Waals surface area contributed by atoms with Crippen LogP contribution >= 0.6 is 0 Å². The molecule has 1 aromatic carbocycles. The van der Waals surface area contributed by atoms with Crippen molar-refractivity contribution >= 4 is 28.4 Å². The molecule has 2 N–H and O–H groups in total. The Labute approximate surface area is 152 Å². The molecular weight excluding hydrogens is 334 g/mol. The molecular formula is C19H25N3O4. The van der Waals surface area contributed by atoms with Gasteiger partial charge >= 0.3 is 5.97 Å². The Morgan fingerprint density at radius 2 is 2.04 bits per heavy atom. The van der Waals surface area contributed by atoms with Gasteiger partial charge in [0.15, 0.2) is 11.5 Å². The number of nitrogens with two attached hydrogens (primary N) is 1. The second-order valence-electron chi connectivity index (χ2n) is 7.05. The molecule has 26 heavy (non-hydrogen) atoms. The van der Waals surface area contributed by atoms with Gasteiger partial charge in [-0.3, -0.25) is 4.79 Å². The van der Waals surface area contributed by atoms with E-state index >= 15 is 0 Å². The lowest BCUT2D eigenvalue weighted by Crippen LogP contribution is -2.36. The van der Waals surface area contributed by atoms with Crippen LogP contribution in [0.2, 0.25) is 0 Å². The van der Waals surface area contributed by atoms with Gasteiger partial charge in [0.25, 0.3) is 0 Å². The van der Waals surface area contributed by atoms with E-state index < -0.39 is 0 Å². The van der Waals surface area contributed by atoms with Gasteiger partial charge < -0.3 is 24.5 Å². The van der Waals surface area contributed by atoms with E-state index in [2.05, 4.69) is 4.90 Å². The topological polar surface area (TPSA) is 90.8 Å². The van der Waals surface area contributed by atoms with Gasteiger partial charge in [-0.15, -0.1) is 0 Å². The maximum atomic E-state index is 12.2. The summed E-state index contributed by atoms with van der Waals surface area (Å²) in [6, 6.07) is 3.82. The lowest BCUT2D eigenvalue weighted by atomic mass is 9.79. The van der Waals surface area contributed by atoms with Crippen LogP contribution in [-0.4, -0.2) is 44.4 Å². The number of morpholine rings is 1. The fraction of sp³-hybridized carbons (Fsp3) is 0.579. The highest BCUT2D eigenvalue weighted by Crippen LogP contribution is 2.40. The van der Waals surface area contributed by atoms with Crippen molar-refractivity contribution in [3.63, 3.8) is 0 Å². The van der Waals surface area contributed by atoms with Gasteiger partial charge in [-0.1, -0.05) is 12.8 Å². The Kier molecular flexibility index (Phi) is 4.72. The molecule has 2 atom stereocenters. The summed E-state index contributed by atoms with van der Waals surface area (Å²) in [5, 5.41) is 0. The predicted octanol–water partition coefficient (Wildman–Crippen LogP) is 2.69. The largest absolute Gasteiger partial charge is 0.469 e. The Balaban J connectivity index is 1.67. The number of aromatic nitrogens is 1. The molecule has 0 bridgehead atoms. The van der Waals surface area contributed by atoms with Crippen molar-refractivity contribution in [2.45, 2.75) is 31.6 Å². The summed E-state index contributed by atoms with van der Waals surface area (Å²) in [4.78, 5) is 19.1. The van der Waals surface area contributed by atoms with Gasteiger partial charge in [0.1, 0.15) is 5.52 Å². The molecule has 2 heterocycles. The van der Waals surface area contributed by atoms with Gasteiger partial charge in [0, 0.05) is 25.1 Å². The first-order valence-electron chi connectivity index (χ1n) is 9.28. The molecule has 1 aliphatic heterocycles. The molecule has 0 radical (unpaired) electrons. The maximum absolute atomic E-state index is 12.2. The minimum atomic E-state index is -0.183. The van der Waals surface area contributed by atoms with Crippen LogP contribution in [0, 0.1) is 5.92 Å². The Morgan fingerprint density at radius 3 is 2.81 bits per heavy atom. The number of anilines is 2. The van der Waals surface area contributed by atoms with Crippen LogP contribution in [0.15, 0.2) is 16.5 Å². The SMILES string of the molecule is COC(=O)C1CCCCC1c1nc2cc(N3CCOCC3)c(N)cc2o1. The van der Waals surface area contributed by atoms with Gasteiger partial charge in [0.05, 0.1) is 37.6 Å². The van der Waals surface area contributed by atoms with Gasteiger partial charge in [-0.2, -0.15) is 0 Å². The Morgan fingerprint density at radius 1 is 1.27 bits per heavy atom. The van der Waals surface area contributed by atoms with E-state index in [1.165, 1.54) is 7.11 Å². The van der Waals surface area contributed by atoms with Crippen molar-refractivity contribution in [1.29, 1.82) is 0 Å². The fourth-order valence-electron chi connectivity index (χ4n) is 4.09. The molecule has 2 aliphatic rings. The van der Waals surface area contributed by atoms with E-state index in [1.807, 2.05) is 12.1 Å². The first-order valence-corrected chi connectivity index (χ1v) is 9.28. The normalized spacial score (nSPS) is 24.0. The molecule has 1 aromatic heterocycles. The summed E-state index contributed by atoms with van der Waals surface area (Å²) in [5.74, 6) is 0.230. The van der Waals surface area contributed by atoms with E-state index in [9.17, 15) is 4.79 Å². The minimum absolute atomic E-state index is 0.0309. The van der Waals surface area contributed by atoms with Crippen molar-refractivity contribution in [2.24, 2.45) is 5.92 Å². The van der Waals surface area contributed by atoms with Crippen molar-refractivity contribution in [2.75, 3.05) is 44.0 Å². The number of rotatable bonds is 3. The number of esters is 1. The van der Waals surface area contributed by atoms with Crippen LogP contribution in [0.25, 0.3) is 11.1 Å². The molecule has 4 rings (SSSR count). The van der Waals surface area contributed by atoms with E-state index in [0.717, 1.165) is 50.0 Å². The molecule has 2 aromatic rings. The first kappa shape index (κ1) is 17.1. The zero-order chi connectivity index (χ0) is 18.1. The highest BCUT2D eigenvalue weighted by atomic mass is 16.5. The Hall–Kier alpha value is -2.28. The Bertz CT molecular complexity index is 797. The molecule has 1 saturated carbocycles. The number of methoxy groups -OCH3 is 1. The van der Waals surface area contributed by atoms with Crippen molar-refractivity contribution < 1.29 is 18.7 Å². The molecule has 0 spiro atoms. The summed E-state index contributed by atoms with van der Waals surface area (Å²) in [6.45, 7) is 3.02. The second kappa shape index (κ2) is 7.15. The van der Waals surface area contributed by atoms with Gasteiger partial charge in [-0.05, 0) is 18.9 Å². The quantitative estimate of drug-likeness (QED) is 0.665. The van der Waals surface area contributed by atoms with Crippen LogP contribution in [0.1, 0.15) is 37.5 Å². The first-order chi connectivity index (χ1) is 12.7. The minimum Gasteiger partial charge on any atom is -0.469 e. The third-order valence-corrected chi connectivity index (χ3v) is 5.49. The third kappa shape index (κ3) is 3.11. The number of ether oxygens (including phenoxy) is 2. The highest BCUT2D eigenvalue weighted by Gasteiger charge is 2.36. The molecule has 1 aliphatic carbocycles.